The molecule has 0 unspecified atom stereocenters. The third-order valence-electron chi connectivity index (χ3n) is 4.31. The highest BCUT2D eigenvalue weighted by atomic mass is 35.5. The van der Waals surface area contributed by atoms with E-state index < -0.39 is 0 Å². The van der Waals surface area contributed by atoms with Crippen molar-refractivity contribution in [2.75, 3.05) is 6.54 Å². The van der Waals surface area contributed by atoms with Gasteiger partial charge in [-0.1, -0.05) is 46.9 Å². The second kappa shape index (κ2) is 7.37. The summed E-state index contributed by atoms with van der Waals surface area (Å²) in [6.45, 7) is 2.74. The maximum Gasteiger partial charge on any atom is 0.0528 e. The van der Waals surface area contributed by atoms with Crippen LogP contribution in [0.5, 0.6) is 0 Å². The van der Waals surface area contributed by atoms with Gasteiger partial charge in [-0.2, -0.15) is 0 Å². The predicted molar refractivity (Wildman–Crippen MR) is 105 cm³/mol. The van der Waals surface area contributed by atoms with Crippen LogP contribution < -0.4 is 5.73 Å². The largest absolute Gasteiger partial charge is 0.354 e. The second-order valence-corrected chi connectivity index (χ2v) is 7.16. The second-order valence-electron chi connectivity index (χ2n) is 5.94. The summed E-state index contributed by atoms with van der Waals surface area (Å²) >= 11 is 19.4. The summed E-state index contributed by atoms with van der Waals surface area (Å²) in [6.07, 6.45) is 2.83. The number of aromatic amines is 1. The lowest BCUT2D eigenvalue weighted by molar-refractivity contribution is 0.748. The number of aromatic nitrogens is 1. The number of benzene rings is 2. The summed E-state index contributed by atoms with van der Waals surface area (Å²) in [5.74, 6) is 0. The first-order valence-corrected chi connectivity index (χ1v) is 9.12. The zero-order chi connectivity index (χ0) is 17.3. The summed E-state index contributed by atoms with van der Waals surface area (Å²) in [6, 6.07) is 9.52. The summed E-state index contributed by atoms with van der Waals surface area (Å²) in [5, 5.41) is 3.05. The van der Waals surface area contributed by atoms with E-state index in [2.05, 4.69) is 11.9 Å². The summed E-state index contributed by atoms with van der Waals surface area (Å²) < 4.78 is 0. The van der Waals surface area contributed by atoms with Crippen molar-refractivity contribution < 1.29 is 0 Å². The van der Waals surface area contributed by atoms with Gasteiger partial charge in [0.1, 0.15) is 0 Å². The maximum absolute atomic E-state index is 6.52. The van der Waals surface area contributed by atoms with Gasteiger partial charge in [0.25, 0.3) is 0 Å². The molecule has 0 radical (unpaired) electrons. The Labute approximate surface area is 156 Å². The number of fused-ring (bicyclic) bond motifs is 1. The Kier molecular flexibility index (Phi) is 5.41. The van der Waals surface area contributed by atoms with Crippen LogP contribution >= 0.6 is 34.8 Å². The van der Waals surface area contributed by atoms with Gasteiger partial charge in [-0.15, -0.1) is 0 Å². The van der Waals surface area contributed by atoms with Gasteiger partial charge in [-0.05, 0) is 62.1 Å². The molecule has 0 saturated heterocycles. The van der Waals surface area contributed by atoms with Crippen LogP contribution in [-0.2, 0) is 6.42 Å². The molecule has 126 valence electrons. The van der Waals surface area contributed by atoms with Gasteiger partial charge >= 0.3 is 0 Å². The van der Waals surface area contributed by atoms with Crippen LogP contribution in [0.25, 0.3) is 22.2 Å². The minimum absolute atomic E-state index is 0.628. The first-order valence-electron chi connectivity index (χ1n) is 7.98. The molecule has 5 heteroatoms. The normalized spacial score (nSPS) is 11.4. The smallest absolute Gasteiger partial charge is 0.0528 e. The fraction of sp³-hybridized carbons (Fsp3) is 0.263. The fourth-order valence-corrected chi connectivity index (χ4v) is 3.97. The van der Waals surface area contributed by atoms with Crippen molar-refractivity contribution in [3.63, 3.8) is 0 Å². The number of nitrogens with one attached hydrogen (secondary N) is 1. The Hall–Kier alpha value is -1.19. The molecular weight excluding hydrogens is 363 g/mol. The van der Waals surface area contributed by atoms with Crippen LogP contribution in [0.1, 0.15) is 24.0 Å². The molecule has 0 aliphatic rings. The number of unbranched alkanes of at least 4 members (excludes halogenated alkanes) is 1. The highest BCUT2D eigenvalue weighted by molar-refractivity contribution is 6.40. The van der Waals surface area contributed by atoms with Crippen LogP contribution in [0.2, 0.25) is 15.1 Å². The molecule has 1 aromatic heterocycles. The molecule has 1 heterocycles. The van der Waals surface area contributed by atoms with Crippen molar-refractivity contribution in [1.82, 2.24) is 4.98 Å². The van der Waals surface area contributed by atoms with E-state index in [-0.39, 0.29) is 0 Å². The third kappa shape index (κ3) is 3.16. The van der Waals surface area contributed by atoms with Crippen molar-refractivity contribution in [2.45, 2.75) is 26.2 Å². The standard InChI is InChI=1S/C19H19Cl3N2/c1-11-8-9-15(22)16-12(5-2-3-10-23)19(24-18(11)16)17-13(20)6-4-7-14(17)21/h4,6-9,24H,2-3,5,10,23H2,1H3. The highest BCUT2D eigenvalue weighted by Crippen LogP contribution is 2.42. The number of rotatable bonds is 5. The van der Waals surface area contributed by atoms with E-state index in [0.29, 0.717) is 16.6 Å². The lowest BCUT2D eigenvalue weighted by Crippen LogP contribution is -1.99. The van der Waals surface area contributed by atoms with Crippen molar-refractivity contribution >= 4 is 45.7 Å². The van der Waals surface area contributed by atoms with Crippen LogP contribution in [0.4, 0.5) is 0 Å². The minimum Gasteiger partial charge on any atom is -0.354 e. The summed E-state index contributed by atoms with van der Waals surface area (Å²) in [7, 11) is 0. The molecule has 0 aliphatic carbocycles. The van der Waals surface area contributed by atoms with E-state index >= 15 is 0 Å². The Morgan fingerprint density at radius 1 is 0.958 bits per heavy atom. The first-order chi connectivity index (χ1) is 11.5. The molecule has 0 bridgehead atoms. The van der Waals surface area contributed by atoms with E-state index in [1.807, 2.05) is 30.3 Å². The third-order valence-corrected chi connectivity index (χ3v) is 5.25. The molecule has 2 nitrogen and oxygen atoms in total. The molecule has 2 aromatic carbocycles. The molecule has 3 N–H and O–H groups in total. The number of hydrogen-bond acceptors (Lipinski definition) is 1. The molecule has 0 saturated carbocycles. The Morgan fingerprint density at radius 3 is 2.33 bits per heavy atom. The average Bonchev–Trinajstić information content (AvgIpc) is 2.92. The van der Waals surface area contributed by atoms with Crippen molar-refractivity contribution in [3.8, 4) is 11.3 Å². The average molecular weight is 382 g/mol. The molecule has 0 aliphatic heterocycles. The maximum atomic E-state index is 6.52. The van der Waals surface area contributed by atoms with Crippen molar-refractivity contribution in [2.24, 2.45) is 5.73 Å². The summed E-state index contributed by atoms with van der Waals surface area (Å²) in [4.78, 5) is 3.51. The Morgan fingerprint density at radius 2 is 1.67 bits per heavy atom. The minimum atomic E-state index is 0.628. The molecule has 3 aromatic rings. The lowest BCUT2D eigenvalue weighted by atomic mass is 9.99. The van der Waals surface area contributed by atoms with E-state index in [0.717, 1.165) is 57.6 Å². The van der Waals surface area contributed by atoms with Gasteiger partial charge < -0.3 is 10.7 Å². The highest BCUT2D eigenvalue weighted by Gasteiger charge is 2.20. The predicted octanol–water partition coefficient (Wildman–Crippen LogP) is 6.38. The fourth-order valence-electron chi connectivity index (χ4n) is 3.11. The van der Waals surface area contributed by atoms with Gasteiger partial charge in [-0.3, -0.25) is 0 Å². The van der Waals surface area contributed by atoms with Crippen LogP contribution in [-0.4, -0.2) is 11.5 Å². The monoisotopic (exact) mass is 380 g/mol. The van der Waals surface area contributed by atoms with Gasteiger partial charge in [0.2, 0.25) is 0 Å². The molecule has 0 fully saturated rings. The molecule has 0 spiro atoms. The van der Waals surface area contributed by atoms with Gasteiger partial charge in [0.15, 0.2) is 0 Å². The number of aryl methyl sites for hydroxylation is 2. The van der Waals surface area contributed by atoms with Crippen molar-refractivity contribution in [3.05, 3.63) is 56.5 Å². The quantitative estimate of drug-likeness (QED) is 0.494. The number of hydrogen-bond donors (Lipinski definition) is 2. The van der Waals surface area contributed by atoms with Crippen LogP contribution in [0.15, 0.2) is 30.3 Å². The van der Waals surface area contributed by atoms with E-state index in [1.165, 1.54) is 0 Å². The molecule has 0 amide bonds. The topological polar surface area (TPSA) is 41.8 Å². The zero-order valence-corrected chi connectivity index (χ0v) is 15.7. The zero-order valence-electron chi connectivity index (χ0n) is 13.4. The Balaban J connectivity index is 2.28. The van der Waals surface area contributed by atoms with Gasteiger partial charge in [-0.25, -0.2) is 0 Å². The van der Waals surface area contributed by atoms with Gasteiger partial charge in [0, 0.05) is 10.9 Å². The molecular formula is C19H19Cl3N2. The molecule has 3 rings (SSSR count). The van der Waals surface area contributed by atoms with Gasteiger partial charge in [0.05, 0.1) is 26.3 Å². The first kappa shape index (κ1) is 17.6. The number of halogens is 3. The van der Waals surface area contributed by atoms with E-state index in [4.69, 9.17) is 40.5 Å². The van der Waals surface area contributed by atoms with E-state index in [1.54, 1.807) is 0 Å². The van der Waals surface area contributed by atoms with Crippen molar-refractivity contribution in [1.29, 1.82) is 0 Å². The number of H-pyrrole nitrogens is 1. The van der Waals surface area contributed by atoms with Crippen LogP contribution in [0.3, 0.4) is 0 Å². The number of nitrogens with two attached hydrogens (primary N) is 1. The lowest BCUT2D eigenvalue weighted by Gasteiger charge is -2.09. The molecule has 0 atom stereocenters. The molecule has 24 heavy (non-hydrogen) atoms. The van der Waals surface area contributed by atoms with E-state index in [9.17, 15) is 0 Å². The Bertz CT molecular complexity index is 864. The van der Waals surface area contributed by atoms with Crippen LogP contribution in [0, 0.1) is 6.92 Å². The SMILES string of the molecule is Cc1ccc(Cl)c2c(CCCCN)c(-c3c(Cl)cccc3Cl)[nH]c12. The summed E-state index contributed by atoms with van der Waals surface area (Å²) in [5.41, 5.74) is 10.8.